The summed E-state index contributed by atoms with van der Waals surface area (Å²) in [6.45, 7) is 2.11. The van der Waals surface area contributed by atoms with Gasteiger partial charge in [0.05, 0.1) is 25.3 Å². The third-order valence-electron chi connectivity index (χ3n) is 5.01. The van der Waals surface area contributed by atoms with Crippen LogP contribution in [0.1, 0.15) is 19.3 Å². The molecule has 3 unspecified atom stereocenters. The summed E-state index contributed by atoms with van der Waals surface area (Å²) in [7, 11) is -11.3. The minimum Gasteiger partial charge on any atom is -0.481 e. The van der Waals surface area contributed by atoms with Crippen LogP contribution in [0.25, 0.3) is 0 Å². The highest BCUT2D eigenvalue weighted by Crippen LogP contribution is 2.43. The van der Waals surface area contributed by atoms with E-state index >= 15 is 0 Å². The number of nitrogens with zero attached hydrogens (tertiary/aromatic N) is 3. The fourth-order valence-electron chi connectivity index (χ4n) is 3.45. The molecule has 190 valence electrons. The molecule has 13 nitrogen and oxygen atoms in total. The first kappa shape index (κ1) is 29.9. The van der Waals surface area contributed by atoms with E-state index in [0.29, 0.717) is 45.6 Å². The smallest absolute Gasteiger partial charge is 0.303 e. The monoisotopic (exact) mass is 523 g/mol. The van der Waals surface area contributed by atoms with Crippen molar-refractivity contribution in [1.82, 2.24) is 14.7 Å². The van der Waals surface area contributed by atoms with Crippen LogP contribution in [-0.4, -0.2) is 128 Å². The van der Waals surface area contributed by atoms with Crippen LogP contribution in [0.3, 0.4) is 0 Å². The Labute approximate surface area is 188 Å². The average molecular weight is 523 g/mol. The Morgan fingerprint density at radius 2 is 1.00 bits per heavy atom. The molecule has 1 aliphatic heterocycles. The van der Waals surface area contributed by atoms with E-state index in [1.807, 2.05) is 0 Å². The number of rotatable bonds is 11. The molecule has 1 rings (SSSR count). The minimum absolute atomic E-state index is 0.213. The van der Waals surface area contributed by atoms with Gasteiger partial charge in [-0.25, -0.2) is 0 Å². The van der Waals surface area contributed by atoms with Gasteiger partial charge in [-0.15, -0.1) is 0 Å². The van der Waals surface area contributed by atoms with Crippen LogP contribution >= 0.6 is 22.1 Å². The molecule has 0 amide bonds. The minimum atomic E-state index is -3.78. The van der Waals surface area contributed by atoms with E-state index in [1.165, 1.54) is 0 Å². The molecule has 0 aromatic heterocycles. The topological polar surface area (TPSA) is 199 Å². The van der Waals surface area contributed by atoms with Crippen LogP contribution in [0.4, 0.5) is 0 Å². The predicted octanol–water partition coefficient (Wildman–Crippen LogP) is -0.256. The molecule has 0 radical (unpaired) electrons. The molecule has 1 aliphatic rings. The van der Waals surface area contributed by atoms with Gasteiger partial charge in [0, 0.05) is 19.3 Å². The Bertz CT molecular complexity index is 740. The summed E-state index contributed by atoms with van der Waals surface area (Å²) in [6, 6.07) is 0. The molecule has 6 N–H and O–H groups in total. The van der Waals surface area contributed by atoms with Crippen molar-refractivity contribution in [2.45, 2.75) is 19.3 Å². The maximum absolute atomic E-state index is 12.5. The summed E-state index contributed by atoms with van der Waals surface area (Å²) in [5.74, 6) is -1.17. The summed E-state index contributed by atoms with van der Waals surface area (Å²) < 4.78 is 36.5. The zero-order valence-corrected chi connectivity index (χ0v) is 20.8. The second-order valence-corrected chi connectivity index (χ2v) is 15.1. The van der Waals surface area contributed by atoms with Crippen molar-refractivity contribution in [1.29, 1.82) is 0 Å². The number of carboxylic acids is 1. The number of carbonyl (C=O) groups is 1. The Morgan fingerprint density at radius 3 is 1.34 bits per heavy atom. The molecule has 0 bridgehead atoms. The molecule has 16 heteroatoms. The Morgan fingerprint density at radius 1 is 0.656 bits per heavy atom. The Balaban J connectivity index is 2.94. The number of hydrogen-bond acceptors (Lipinski definition) is 9. The molecule has 0 spiro atoms. The Hall–Kier alpha value is -0.160. The van der Waals surface area contributed by atoms with Gasteiger partial charge in [0.25, 0.3) is 0 Å². The van der Waals surface area contributed by atoms with Gasteiger partial charge in [0.1, 0.15) is 12.7 Å². The second-order valence-electron chi connectivity index (χ2n) is 8.17. The second kappa shape index (κ2) is 13.7. The molecule has 0 aromatic rings. The van der Waals surface area contributed by atoms with Crippen LogP contribution in [0.15, 0.2) is 0 Å². The molecule has 0 aliphatic carbocycles. The zero-order valence-electron chi connectivity index (χ0n) is 18.1. The lowest BCUT2D eigenvalue weighted by Gasteiger charge is -2.29. The van der Waals surface area contributed by atoms with Crippen molar-refractivity contribution in [3.05, 3.63) is 0 Å². The van der Waals surface area contributed by atoms with Gasteiger partial charge in [-0.2, -0.15) is 0 Å². The molecular formula is C16H36N3O10P3. The zero-order chi connectivity index (χ0) is 24.4. The van der Waals surface area contributed by atoms with E-state index in [4.69, 9.17) is 15.3 Å². The van der Waals surface area contributed by atoms with Crippen molar-refractivity contribution in [3.8, 4) is 0 Å². The van der Waals surface area contributed by atoms with Crippen LogP contribution in [0.5, 0.6) is 0 Å². The van der Waals surface area contributed by atoms with E-state index in [0.717, 1.165) is 0 Å². The van der Waals surface area contributed by atoms with E-state index < -0.39 is 47.2 Å². The van der Waals surface area contributed by atoms with Crippen molar-refractivity contribution in [2.24, 2.45) is 0 Å². The lowest BCUT2D eigenvalue weighted by Crippen LogP contribution is -2.37. The number of hydrogen-bond donors (Lipinski definition) is 6. The molecule has 32 heavy (non-hydrogen) atoms. The van der Waals surface area contributed by atoms with Crippen molar-refractivity contribution < 1.29 is 48.5 Å². The lowest BCUT2D eigenvalue weighted by molar-refractivity contribution is -0.136. The van der Waals surface area contributed by atoms with Gasteiger partial charge in [-0.3, -0.25) is 33.2 Å². The average Bonchev–Trinajstić information content (AvgIpc) is 2.72. The first-order valence-electron chi connectivity index (χ1n) is 10.3. The van der Waals surface area contributed by atoms with Gasteiger partial charge in [-0.1, -0.05) is 0 Å². The summed E-state index contributed by atoms with van der Waals surface area (Å²) in [6.07, 6.45) is -2.22. The first-order valence-corrected chi connectivity index (χ1v) is 16.4. The van der Waals surface area contributed by atoms with Crippen molar-refractivity contribution >= 4 is 28.1 Å². The highest BCUT2D eigenvalue weighted by molar-refractivity contribution is 7.58. The molecule has 0 saturated carbocycles. The van der Waals surface area contributed by atoms with Crippen LogP contribution in [0, 0.1) is 0 Å². The maximum Gasteiger partial charge on any atom is 0.303 e. The third kappa shape index (κ3) is 12.9. The van der Waals surface area contributed by atoms with Crippen LogP contribution in [-0.2, 0) is 18.5 Å². The SMILES string of the molecule is O=C(O)CCP(=O)(O)CN1CCCN(CP(=O)(O)CO)CCCN(CP(=O)(O)CO)CC1. The fraction of sp³-hybridized carbons (Fsp3) is 0.938. The highest BCUT2D eigenvalue weighted by atomic mass is 31.2. The maximum atomic E-state index is 12.5. The number of carboxylic acid groups (broad SMARTS) is 1. The van der Waals surface area contributed by atoms with Crippen molar-refractivity contribution in [2.75, 3.05) is 77.0 Å². The van der Waals surface area contributed by atoms with Crippen LogP contribution in [0.2, 0.25) is 0 Å². The quantitative estimate of drug-likeness (QED) is 0.194. The lowest BCUT2D eigenvalue weighted by atomic mass is 10.3. The van der Waals surface area contributed by atoms with Gasteiger partial charge in [0.2, 0.25) is 22.1 Å². The fourth-order valence-corrected chi connectivity index (χ4v) is 7.03. The molecule has 0 aromatic carbocycles. The summed E-state index contributed by atoms with van der Waals surface area (Å²) >= 11 is 0. The Kier molecular flexibility index (Phi) is 12.7. The summed E-state index contributed by atoms with van der Waals surface area (Å²) in [5, 5.41) is 27.0. The molecule has 3 atom stereocenters. The van der Waals surface area contributed by atoms with Gasteiger partial charge in [0.15, 0.2) is 0 Å². The number of aliphatic hydroxyl groups excluding tert-OH is 2. The van der Waals surface area contributed by atoms with Gasteiger partial charge in [-0.05, 0) is 39.0 Å². The molecule has 1 heterocycles. The molecule has 1 saturated heterocycles. The van der Waals surface area contributed by atoms with E-state index in [9.17, 15) is 33.2 Å². The largest absolute Gasteiger partial charge is 0.481 e. The number of aliphatic carboxylic acids is 1. The molecular weight excluding hydrogens is 487 g/mol. The standard InChI is InChI=1S/C16H36N3O10P3/c20-14-31(26,27)12-17-4-1-6-18(11-30(24,25)10-3-16(22)23)8-9-19(7-2-5-17)13-32(28,29)15-21/h20-21H,1-15H2,(H,22,23)(H,24,25)(H,26,27)(H,28,29). The highest BCUT2D eigenvalue weighted by Gasteiger charge is 2.27. The third-order valence-corrected chi connectivity index (χ3v) is 9.34. The normalized spacial score (nSPS) is 24.0. The molecule has 1 fully saturated rings. The van der Waals surface area contributed by atoms with Gasteiger partial charge >= 0.3 is 5.97 Å². The predicted molar refractivity (Wildman–Crippen MR) is 119 cm³/mol. The summed E-state index contributed by atoms with van der Waals surface area (Å²) in [4.78, 5) is 45.6. The number of aliphatic hydroxyl groups is 2. The van der Waals surface area contributed by atoms with E-state index in [2.05, 4.69) is 0 Å². The van der Waals surface area contributed by atoms with E-state index in [-0.39, 0.29) is 31.6 Å². The van der Waals surface area contributed by atoms with E-state index in [1.54, 1.807) is 14.7 Å². The summed E-state index contributed by atoms with van der Waals surface area (Å²) in [5.41, 5.74) is 0. The first-order chi connectivity index (χ1) is 14.8. The van der Waals surface area contributed by atoms with Crippen LogP contribution < -0.4 is 0 Å². The van der Waals surface area contributed by atoms with Gasteiger partial charge < -0.3 is 30.0 Å². The van der Waals surface area contributed by atoms with Crippen molar-refractivity contribution in [3.63, 3.8) is 0 Å².